The van der Waals surface area contributed by atoms with E-state index in [2.05, 4.69) is 31.1 Å². The second-order valence-electron chi connectivity index (χ2n) is 4.46. The highest BCUT2D eigenvalue weighted by atomic mass is 32.1. The average Bonchev–Trinajstić information content (AvgIpc) is 2.50. The molecule has 3 nitrogen and oxygen atoms in total. The van der Waals surface area contributed by atoms with E-state index >= 15 is 0 Å². The van der Waals surface area contributed by atoms with Crippen molar-refractivity contribution in [1.82, 2.24) is 10.3 Å². The molecule has 4 heteroatoms. The largest absolute Gasteiger partial charge is 0.383 e. The van der Waals surface area contributed by atoms with Crippen molar-refractivity contribution in [2.75, 3.05) is 13.7 Å². The monoisotopic (exact) mass is 228 g/mol. The van der Waals surface area contributed by atoms with Crippen LogP contribution in [0.1, 0.15) is 36.7 Å². The van der Waals surface area contributed by atoms with Gasteiger partial charge in [0.2, 0.25) is 0 Å². The summed E-state index contributed by atoms with van der Waals surface area (Å²) < 4.78 is 5.17. The number of nitrogens with zero attached hydrogens (tertiary/aromatic N) is 1. The van der Waals surface area contributed by atoms with Crippen molar-refractivity contribution in [3.63, 3.8) is 0 Å². The van der Waals surface area contributed by atoms with Gasteiger partial charge in [-0.3, -0.25) is 0 Å². The maximum Gasteiger partial charge on any atom is 0.0897 e. The van der Waals surface area contributed by atoms with E-state index in [1.807, 2.05) is 13.1 Å². The number of hydrogen-bond acceptors (Lipinski definition) is 4. The maximum atomic E-state index is 5.17. The Bertz CT molecular complexity index is 309. The van der Waals surface area contributed by atoms with E-state index in [0.29, 0.717) is 12.6 Å². The van der Waals surface area contributed by atoms with E-state index in [1.165, 1.54) is 4.88 Å². The lowest BCUT2D eigenvalue weighted by atomic mass is 10.1. The summed E-state index contributed by atoms with van der Waals surface area (Å²) in [5.74, 6) is 0. The van der Waals surface area contributed by atoms with Crippen LogP contribution in [0, 0.1) is 6.92 Å². The van der Waals surface area contributed by atoms with Crippen LogP contribution in [-0.2, 0) is 4.74 Å². The van der Waals surface area contributed by atoms with Crippen molar-refractivity contribution in [3.8, 4) is 0 Å². The first-order chi connectivity index (χ1) is 6.94. The third-order valence-corrected chi connectivity index (χ3v) is 3.27. The van der Waals surface area contributed by atoms with Crippen molar-refractivity contribution in [2.45, 2.75) is 39.3 Å². The van der Waals surface area contributed by atoms with Crippen molar-refractivity contribution in [2.24, 2.45) is 0 Å². The number of nitrogens with one attached hydrogen (secondary N) is 1. The lowest BCUT2D eigenvalue weighted by Gasteiger charge is -2.28. The summed E-state index contributed by atoms with van der Waals surface area (Å²) in [4.78, 5) is 5.54. The molecule has 0 aliphatic rings. The molecular weight excluding hydrogens is 208 g/mol. The minimum atomic E-state index is -0.00788. The van der Waals surface area contributed by atoms with Crippen LogP contribution in [0.4, 0.5) is 0 Å². The van der Waals surface area contributed by atoms with Crippen LogP contribution in [0.3, 0.4) is 0 Å². The summed E-state index contributed by atoms with van der Waals surface area (Å²) in [5, 5.41) is 4.65. The molecule has 1 atom stereocenters. The van der Waals surface area contributed by atoms with E-state index in [-0.39, 0.29) is 5.54 Å². The van der Waals surface area contributed by atoms with Gasteiger partial charge in [-0.15, -0.1) is 11.3 Å². The summed E-state index contributed by atoms with van der Waals surface area (Å²) in [7, 11) is 1.73. The van der Waals surface area contributed by atoms with Gasteiger partial charge in [0.1, 0.15) is 0 Å². The highest BCUT2D eigenvalue weighted by molar-refractivity contribution is 7.11. The highest BCUT2D eigenvalue weighted by Crippen LogP contribution is 2.22. The van der Waals surface area contributed by atoms with Crippen LogP contribution in [0.25, 0.3) is 0 Å². The predicted octanol–water partition coefficient (Wildman–Crippen LogP) is 2.53. The van der Waals surface area contributed by atoms with Crippen LogP contribution < -0.4 is 5.32 Å². The van der Waals surface area contributed by atoms with Crippen molar-refractivity contribution >= 4 is 11.3 Å². The molecule has 0 saturated heterocycles. The van der Waals surface area contributed by atoms with Crippen LogP contribution in [0.5, 0.6) is 0 Å². The molecule has 0 saturated carbocycles. The van der Waals surface area contributed by atoms with Crippen LogP contribution in [0.2, 0.25) is 0 Å². The Balaban J connectivity index is 2.59. The molecule has 1 N–H and O–H groups in total. The minimum Gasteiger partial charge on any atom is -0.383 e. The number of rotatable bonds is 5. The van der Waals surface area contributed by atoms with Gasteiger partial charge in [-0.25, -0.2) is 4.98 Å². The first-order valence-electron chi connectivity index (χ1n) is 5.13. The van der Waals surface area contributed by atoms with Gasteiger partial charge in [0.05, 0.1) is 11.6 Å². The molecular formula is C11H20N2OS. The zero-order chi connectivity index (χ0) is 11.5. The van der Waals surface area contributed by atoms with Crippen LogP contribution in [0.15, 0.2) is 6.20 Å². The molecule has 0 aliphatic heterocycles. The predicted molar refractivity (Wildman–Crippen MR) is 64.4 cm³/mol. The van der Waals surface area contributed by atoms with E-state index < -0.39 is 0 Å². The molecule has 1 aromatic rings. The summed E-state index contributed by atoms with van der Waals surface area (Å²) in [6, 6.07) is 0.321. The topological polar surface area (TPSA) is 34.1 Å². The van der Waals surface area contributed by atoms with Crippen LogP contribution >= 0.6 is 11.3 Å². The Morgan fingerprint density at radius 2 is 2.27 bits per heavy atom. The molecule has 0 aliphatic carbocycles. The van der Waals surface area contributed by atoms with Crippen molar-refractivity contribution in [3.05, 3.63) is 16.1 Å². The molecule has 0 bridgehead atoms. The zero-order valence-corrected chi connectivity index (χ0v) is 10.9. The summed E-state index contributed by atoms with van der Waals surface area (Å²) in [6.07, 6.45) is 1.94. The quantitative estimate of drug-likeness (QED) is 0.841. The molecule has 0 radical (unpaired) electrons. The van der Waals surface area contributed by atoms with E-state index in [1.54, 1.807) is 18.4 Å². The lowest BCUT2D eigenvalue weighted by molar-refractivity contribution is 0.122. The Hall–Kier alpha value is -0.450. The number of thiazole rings is 1. The second kappa shape index (κ2) is 5.05. The normalized spacial score (nSPS) is 14.2. The van der Waals surface area contributed by atoms with Crippen molar-refractivity contribution < 1.29 is 4.74 Å². The SMILES string of the molecule is COCC(C)(C)NC(C)c1cnc(C)s1. The highest BCUT2D eigenvalue weighted by Gasteiger charge is 2.21. The smallest absolute Gasteiger partial charge is 0.0897 e. The second-order valence-corrected chi connectivity index (χ2v) is 5.73. The number of methoxy groups -OCH3 is 1. The first kappa shape index (κ1) is 12.6. The van der Waals surface area contributed by atoms with Gasteiger partial charge in [-0.2, -0.15) is 0 Å². The van der Waals surface area contributed by atoms with Crippen molar-refractivity contribution in [1.29, 1.82) is 0 Å². The minimum absolute atomic E-state index is 0.00788. The molecule has 0 amide bonds. The average molecular weight is 228 g/mol. The van der Waals surface area contributed by atoms with Gasteiger partial charge in [0.25, 0.3) is 0 Å². The Morgan fingerprint density at radius 1 is 1.60 bits per heavy atom. The standard InChI is InChI=1S/C11H20N2OS/c1-8(10-6-12-9(2)15-10)13-11(3,4)7-14-5/h6,8,13H,7H2,1-5H3. The van der Waals surface area contributed by atoms with Gasteiger partial charge >= 0.3 is 0 Å². The van der Waals surface area contributed by atoms with Gasteiger partial charge in [-0.05, 0) is 27.7 Å². The third-order valence-electron chi connectivity index (χ3n) is 2.18. The van der Waals surface area contributed by atoms with Gasteiger partial charge in [0, 0.05) is 29.8 Å². The van der Waals surface area contributed by atoms with E-state index in [0.717, 1.165) is 5.01 Å². The first-order valence-corrected chi connectivity index (χ1v) is 5.95. The molecule has 1 aromatic heterocycles. The summed E-state index contributed by atoms with van der Waals surface area (Å²) >= 11 is 1.74. The molecule has 0 spiro atoms. The number of hydrogen-bond donors (Lipinski definition) is 1. The summed E-state index contributed by atoms with van der Waals surface area (Å²) in [5.41, 5.74) is -0.00788. The number of aromatic nitrogens is 1. The fraction of sp³-hybridized carbons (Fsp3) is 0.727. The van der Waals surface area contributed by atoms with E-state index in [9.17, 15) is 0 Å². The molecule has 86 valence electrons. The van der Waals surface area contributed by atoms with Crippen LogP contribution in [-0.4, -0.2) is 24.2 Å². The molecule has 1 unspecified atom stereocenters. The fourth-order valence-electron chi connectivity index (χ4n) is 1.64. The van der Waals surface area contributed by atoms with Gasteiger partial charge in [0.15, 0.2) is 0 Å². The Kier molecular flexibility index (Phi) is 4.25. The maximum absolute atomic E-state index is 5.17. The zero-order valence-electron chi connectivity index (χ0n) is 10.1. The third kappa shape index (κ3) is 3.89. The molecule has 0 aromatic carbocycles. The molecule has 0 fully saturated rings. The Morgan fingerprint density at radius 3 is 2.73 bits per heavy atom. The molecule has 1 rings (SSSR count). The lowest BCUT2D eigenvalue weighted by Crippen LogP contribution is -2.44. The molecule has 15 heavy (non-hydrogen) atoms. The molecule has 1 heterocycles. The van der Waals surface area contributed by atoms with Gasteiger partial charge < -0.3 is 10.1 Å². The number of aryl methyl sites for hydroxylation is 1. The Labute approximate surface area is 95.9 Å². The number of ether oxygens (including phenoxy) is 1. The fourth-order valence-corrected chi connectivity index (χ4v) is 2.43. The van der Waals surface area contributed by atoms with E-state index in [4.69, 9.17) is 4.74 Å². The van der Waals surface area contributed by atoms with Gasteiger partial charge in [-0.1, -0.05) is 0 Å². The summed E-state index contributed by atoms with van der Waals surface area (Å²) in [6.45, 7) is 9.17.